The Bertz CT molecular complexity index is 1550. The van der Waals surface area contributed by atoms with E-state index in [0.29, 0.717) is 31.6 Å². The van der Waals surface area contributed by atoms with Crippen LogP contribution in [0.25, 0.3) is 0 Å². The van der Waals surface area contributed by atoms with E-state index in [1.807, 2.05) is 0 Å². The van der Waals surface area contributed by atoms with Gasteiger partial charge in [0, 0.05) is 25.7 Å². The topological polar surface area (TPSA) is 237 Å². The van der Waals surface area contributed by atoms with E-state index in [0.717, 1.165) is 121 Å². The van der Waals surface area contributed by atoms with Crippen molar-refractivity contribution in [1.29, 1.82) is 0 Å². The summed E-state index contributed by atoms with van der Waals surface area (Å²) in [5.74, 6) is -0.666. The van der Waals surface area contributed by atoms with E-state index in [9.17, 15) is 43.2 Å². The number of carbonyl (C=O) groups excluding carboxylic acids is 4. The fourth-order valence-corrected chi connectivity index (χ4v) is 10.2. The molecule has 0 aliphatic heterocycles. The van der Waals surface area contributed by atoms with Crippen molar-refractivity contribution in [3.8, 4) is 0 Å². The molecule has 0 aromatic heterocycles. The van der Waals surface area contributed by atoms with Gasteiger partial charge in [-0.1, -0.05) is 234 Å². The molecule has 0 heterocycles. The molecule has 78 heavy (non-hydrogen) atoms. The minimum atomic E-state index is -4.94. The average Bonchev–Trinajstić information content (AvgIpc) is 3.39. The summed E-state index contributed by atoms with van der Waals surface area (Å²) in [5, 5.41) is 10.5. The van der Waals surface area contributed by atoms with Gasteiger partial charge in [-0.25, -0.2) is 9.13 Å². The zero-order valence-corrected chi connectivity index (χ0v) is 51.7. The van der Waals surface area contributed by atoms with Crippen LogP contribution < -0.4 is 0 Å². The molecule has 3 N–H and O–H groups in total. The zero-order valence-electron chi connectivity index (χ0n) is 50.0. The molecular weight excluding hydrogens is 1040 g/mol. The number of esters is 4. The van der Waals surface area contributed by atoms with E-state index < -0.39 is 97.5 Å². The minimum absolute atomic E-state index is 0.102. The number of rotatable bonds is 58. The highest BCUT2D eigenvalue weighted by Gasteiger charge is 2.30. The Morgan fingerprint density at radius 1 is 0.346 bits per heavy atom. The first-order valence-electron chi connectivity index (χ1n) is 31.0. The second-order valence-corrected chi connectivity index (χ2v) is 25.2. The second-order valence-electron chi connectivity index (χ2n) is 22.3. The number of carbonyl (C=O) groups is 4. The standard InChI is InChI=1S/C59H114O17P2/c1-7-9-11-13-22-31-37-43-58(63)75-54(47-69-56(61)41-35-27-12-10-8-2)49-73-77(65,66)71-45-53(60)46-72-78(67,68)74-50-55(48-70-57(62)42-36-30-26-21-24-29-34-40-52(5)6)76-59(64)44-38-32-25-20-18-16-14-15-17-19-23-28-33-39-51(3)4/h51-55,60H,7-50H2,1-6H3,(H,65,66)(H,67,68)/t53-,54+,55+/m0/s1. The maximum atomic E-state index is 12.9. The van der Waals surface area contributed by atoms with Crippen LogP contribution in [0.5, 0.6) is 0 Å². The molecule has 0 aromatic rings. The highest BCUT2D eigenvalue weighted by Crippen LogP contribution is 2.45. The monoisotopic (exact) mass is 1160 g/mol. The van der Waals surface area contributed by atoms with Gasteiger partial charge in [0.1, 0.15) is 19.3 Å². The van der Waals surface area contributed by atoms with E-state index in [1.54, 1.807) is 0 Å². The lowest BCUT2D eigenvalue weighted by molar-refractivity contribution is -0.161. The third kappa shape index (κ3) is 53.4. The van der Waals surface area contributed by atoms with Gasteiger partial charge in [-0.15, -0.1) is 0 Å². The van der Waals surface area contributed by atoms with Gasteiger partial charge in [0.05, 0.1) is 26.4 Å². The summed E-state index contributed by atoms with van der Waals surface area (Å²) in [4.78, 5) is 71.6. The minimum Gasteiger partial charge on any atom is -0.462 e. The summed E-state index contributed by atoms with van der Waals surface area (Å²) in [5.41, 5.74) is 0. The maximum absolute atomic E-state index is 12.9. The Morgan fingerprint density at radius 3 is 0.872 bits per heavy atom. The van der Waals surface area contributed by atoms with E-state index in [1.165, 1.54) is 77.0 Å². The number of phosphoric ester groups is 2. The van der Waals surface area contributed by atoms with Crippen LogP contribution in [-0.2, 0) is 65.4 Å². The third-order valence-corrected chi connectivity index (χ3v) is 15.4. The van der Waals surface area contributed by atoms with E-state index in [2.05, 4.69) is 41.5 Å². The fourth-order valence-electron chi connectivity index (χ4n) is 8.65. The first kappa shape index (κ1) is 76.1. The molecule has 0 aliphatic carbocycles. The number of aliphatic hydroxyl groups is 1. The summed E-state index contributed by atoms with van der Waals surface area (Å²) in [6, 6.07) is 0. The van der Waals surface area contributed by atoms with Gasteiger partial charge in [-0.05, 0) is 37.5 Å². The van der Waals surface area contributed by atoms with E-state index in [-0.39, 0.29) is 25.7 Å². The van der Waals surface area contributed by atoms with Gasteiger partial charge in [0.25, 0.3) is 0 Å². The van der Waals surface area contributed by atoms with Gasteiger partial charge in [-0.2, -0.15) is 0 Å². The van der Waals surface area contributed by atoms with Crippen molar-refractivity contribution >= 4 is 39.5 Å². The van der Waals surface area contributed by atoms with E-state index in [4.69, 9.17) is 37.0 Å². The summed E-state index contributed by atoms with van der Waals surface area (Å²) in [6.45, 7) is 9.28. The van der Waals surface area contributed by atoms with Crippen molar-refractivity contribution in [1.82, 2.24) is 0 Å². The van der Waals surface area contributed by atoms with Gasteiger partial charge >= 0.3 is 39.5 Å². The highest BCUT2D eigenvalue weighted by atomic mass is 31.2. The van der Waals surface area contributed by atoms with Crippen molar-refractivity contribution in [2.45, 2.75) is 304 Å². The van der Waals surface area contributed by atoms with Crippen molar-refractivity contribution in [3.63, 3.8) is 0 Å². The van der Waals surface area contributed by atoms with Crippen LogP contribution in [0.1, 0.15) is 286 Å². The van der Waals surface area contributed by atoms with Crippen molar-refractivity contribution in [2.75, 3.05) is 39.6 Å². The van der Waals surface area contributed by atoms with Crippen LogP contribution in [-0.4, -0.2) is 96.7 Å². The normalized spacial score (nSPS) is 14.4. The van der Waals surface area contributed by atoms with Crippen LogP contribution >= 0.6 is 15.6 Å². The fraction of sp³-hybridized carbons (Fsp3) is 0.932. The quantitative estimate of drug-likeness (QED) is 0.0222. The lowest BCUT2D eigenvalue weighted by Crippen LogP contribution is -2.30. The van der Waals surface area contributed by atoms with Crippen molar-refractivity contribution in [2.24, 2.45) is 11.8 Å². The van der Waals surface area contributed by atoms with Crippen LogP contribution in [0.4, 0.5) is 0 Å². The summed E-state index contributed by atoms with van der Waals surface area (Å²) >= 11 is 0. The molecule has 0 saturated carbocycles. The summed E-state index contributed by atoms with van der Waals surface area (Å²) < 4.78 is 67.5. The van der Waals surface area contributed by atoms with Crippen molar-refractivity contribution < 1.29 is 80.2 Å². The molecule has 17 nitrogen and oxygen atoms in total. The van der Waals surface area contributed by atoms with E-state index >= 15 is 0 Å². The van der Waals surface area contributed by atoms with Gasteiger partial charge in [-0.3, -0.25) is 37.3 Å². The zero-order chi connectivity index (χ0) is 58.0. The molecule has 0 aromatic carbocycles. The highest BCUT2D eigenvalue weighted by molar-refractivity contribution is 7.47. The van der Waals surface area contributed by atoms with Gasteiger partial charge < -0.3 is 33.8 Å². The second kappa shape index (κ2) is 51.9. The predicted octanol–water partition coefficient (Wildman–Crippen LogP) is 15.7. The Morgan fingerprint density at radius 2 is 0.590 bits per heavy atom. The molecule has 0 saturated heterocycles. The smallest absolute Gasteiger partial charge is 0.462 e. The molecule has 0 bridgehead atoms. The number of aliphatic hydroxyl groups excluding tert-OH is 1. The van der Waals surface area contributed by atoms with Crippen LogP contribution in [0.15, 0.2) is 0 Å². The number of phosphoric acid groups is 2. The Balaban J connectivity index is 5.14. The van der Waals surface area contributed by atoms with Crippen LogP contribution in [0.3, 0.4) is 0 Å². The molecule has 462 valence electrons. The lowest BCUT2D eigenvalue weighted by Gasteiger charge is -2.21. The van der Waals surface area contributed by atoms with Gasteiger partial charge in [0.2, 0.25) is 0 Å². The van der Waals surface area contributed by atoms with Crippen LogP contribution in [0, 0.1) is 11.8 Å². The molecule has 0 rings (SSSR count). The third-order valence-electron chi connectivity index (χ3n) is 13.5. The molecule has 2 unspecified atom stereocenters. The Labute approximate surface area is 473 Å². The predicted molar refractivity (Wildman–Crippen MR) is 308 cm³/mol. The SMILES string of the molecule is CCCCCCCCCC(=O)O[C@H](COC(=O)CCCCCCC)COP(=O)(O)OC[C@H](O)COP(=O)(O)OC[C@@H](COC(=O)CCCCCCCCCC(C)C)OC(=O)CCCCCCCCCCCCCCCC(C)C. The molecular formula is C59H114O17P2. The molecule has 19 heteroatoms. The van der Waals surface area contributed by atoms with Crippen LogP contribution in [0.2, 0.25) is 0 Å². The number of unbranched alkanes of at least 4 members (excludes halogenated alkanes) is 28. The lowest BCUT2D eigenvalue weighted by atomic mass is 10.0. The summed E-state index contributed by atoms with van der Waals surface area (Å²) in [7, 11) is -9.86. The van der Waals surface area contributed by atoms with Crippen molar-refractivity contribution in [3.05, 3.63) is 0 Å². The number of hydrogen-bond donors (Lipinski definition) is 3. The maximum Gasteiger partial charge on any atom is 0.472 e. The molecule has 5 atom stereocenters. The molecule has 0 radical (unpaired) electrons. The number of ether oxygens (including phenoxy) is 4. The average molecular weight is 1160 g/mol. The molecule has 0 amide bonds. The molecule has 0 aliphatic rings. The molecule has 0 spiro atoms. The first-order chi connectivity index (χ1) is 37.4. The molecule has 0 fully saturated rings. The largest absolute Gasteiger partial charge is 0.472 e. The Hall–Kier alpha value is -1.94. The van der Waals surface area contributed by atoms with Gasteiger partial charge in [0.15, 0.2) is 12.2 Å². The summed E-state index contributed by atoms with van der Waals surface area (Å²) in [6.07, 6.45) is 32.7. The first-order valence-corrected chi connectivity index (χ1v) is 34.0. The Kier molecular flexibility index (Phi) is 50.6. The number of hydrogen-bond acceptors (Lipinski definition) is 15.